The number of methoxy groups -OCH3 is 2. The summed E-state index contributed by atoms with van der Waals surface area (Å²) in [4.78, 5) is 13.7. The van der Waals surface area contributed by atoms with Crippen LogP contribution in [0.4, 0.5) is 0 Å². The predicted molar refractivity (Wildman–Crippen MR) is 81.3 cm³/mol. The second-order valence-electron chi connectivity index (χ2n) is 5.90. The van der Waals surface area contributed by atoms with Crippen molar-refractivity contribution in [1.29, 1.82) is 0 Å². The number of aliphatic carboxylic acids is 1. The Morgan fingerprint density at radius 1 is 1.29 bits per heavy atom. The van der Waals surface area contributed by atoms with E-state index in [0.717, 1.165) is 51.9 Å². The maximum absolute atomic E-state index is 11.4. The van der Waals surface area contributed by atoms with Crippen molar-refractivity contribution < 1.29 is 19.4 Å². The van der Waals surface area contributed by atoms with E-state index < -0.39 is 11.5 Å². The Hall–Kier alpha value is -0.690. The van der Waals surface area contributed by atoms with Crippen molar-refractivity contribution in [3.63, 3.8) is 0 Å². The smallest absolute Gasteiger partial charge is 0.323 e. The highest BCUT2D eigenvalue weighted by Crippen LogP contribution is 2.36. The van der Waals surface area contributed by atoms with Crippen LogP contribution in [0.15, 0.2) is 0 Å². The maximum atomic E-state index is 11.4. The van der Waals surface area contributed by atoms with Crippen LogP contribution in [-0.4, -0.2) is 68.6 Å². The third-order valence-corrected chi connectivity index (χ3v) is 4.50. The fraction of sp³-hybridized carbons (Fsp3) is 0.933. The first-order valence-electron chi connectivity index (χ1n) is 7.77. The van der Waals surface area contributed by atoms with Gasteiger partial charge in [0, 0.05) is 33.9 Å². The summed E-state index contributed by atoms with van der Waals surface area (Å²) in [7, 11) is 3.40. The molecule has 6 nitrogen and oxygen atoms in total. The zero-order valence-electron chi connectivity index (χ0n) is 13.3. The van der Waals surface area contributed by atoms with Crippen molar-refractivity contribution in [1.82, 2.24) is 4.90 Å². The van der Waals surface area contributed by atoms with Gasteiger partial charge in [0.1, 0.15) is 5.54 Å². The highest BCUT2D eigenvalue weighted by molar-refractivity contribution is 5.79. The molecule has 0 spiro atoms. The normalized spacial score (nSPS) is 25.6. The number of carboxylic acids is 1. The van der Waals surface area contributed by atoms with Crippen molar-refractivity contribution >= 4 is 5.97 Å². The number of hydrogen-bond acceptors (Lipinski definition) is 5. The first-order chi connectivity index (χ1) is 10.0. The van der Waals surface area contributed by atoms with Crippen molar-refractivity contribution in [2.75, 3.05) is 47.1 Å². The van der Waals surface area contributed by atoms with Gasteiger partial charge in [-0.3, -0.25) is 4.79 Å². The number of rotatable bonds is 11. The fourth-order valence-electron chi connectivity index (χ4n) is 3.11. The van der Waals surface area contributed by atoms with E-state index in [1.807, 2.05) is 0 Å². The van der Waals surface area contributed by atoms with Crippen LogP contribution in [0.25, 0.3) is 0 Å². The zero-order chi connectivity index (χ0) is 15.7. The first kappa shape index (κ1) is 18.4. The van der Waals surface area contributed by atoms with E-state index in [9.17, 15) is 9.90 Å². The predicted octanol–water partition coefficient (Wildman–Crippen LogP) is 0.944. The summed E-state index contributed by atoms with van der Waals surface area (Å²) in [6, 6.07) is 0. The van der Waals surface area contributed by atoms with Crippen LogP contribution in [0.5, 0.6) is 0 Å². The van der Waals surface area contributed by atoms with Gasteiger partial charge in [-0.1, -0.05) is 6.42 Å². The number of nitrogens with zero attached hydrogens (tertiary/aromatic N) is 1. The van der Waals surface area contributed by atoms with Crippen LogP contribution in [-0.2, 0) is 14.3 Å². The Labute approximate surface area is 127 Å². The molecule has 0 heterocycles. The van der Waals surface area contributed by atoms with E-state index in [4.69, 9.17) is 15.2 Å². The largest absolute Gasteiger partial charge is 0.480 e. The van der Waals surface area contributed by atoms with E-state index >= 15 is 0 Å². The average Bonchev–Trinajstić information content (AvgIpc) is 2.84. The number of hydrogen-bond donors (Lipinski definition) is 2. The zero-order valence-corrected chi connectivity index (χ0v) is 13.3. The molecule has 1 fully saturated rings. The van der Waals surface area contributed by atoms with Crippen molar-refractivity contribution in [3.8, 4) is 0 Å². The lowest BCUT2D eigenvalue weighted by molar-refractivity contribution is -0.144. The van der Waals surface area contributed by atoms with Crippen LogP contribution in [0.1, 0.15) is 32.1 Å². The molecule has 3 N–H and O–H groups in total. The Morgan fingerprint density at radius 2 is 2.00 bits per heavy atom. The van der Waals surface area contributed by atoms with Gasteiger partial charge in [0.05, 0.1) is 6.61 Å². The van der Waals surface area contributed by atoms with Gasteiger partial charge in [0.2, 0.25) is 0 Å². The Balaban J connectivity index is 2.45. The molecule has 1 saturated carbocycles. The maximum Gasteiger partial charge on any atom is 0.323 e. The van der Waals surface area contributed by atoms with Crippen LogP contribution >= 0.6 is 0 Å². The molecule has 0 aromatic carbocycles. The molecule has 0 aromatic rings. The molecule has 1 aliphatic rings. The first-order valence-corrected chi connectivity index (χ1v) is 7.77. The van der Waals surface area contributed by atoms with Gasteiger partial charge in [-0.25, -0.2) is 0 Å². The quantitative estimate of drug-likeness (QED) is 0.553. The van der Waals surface area contributed by atoms with Gasteiger partial charge < -0.3 is 25.2 Å². The second kappa shape index (κ2) is 9.35. The monoisotopic (exact) mass is 302 g/mol. The average molecular weight is 302 g/mol. The number of ether oxygens (including phenoxy) is 2. The Bertz CT molecular complexity index is 314. The minimum Gasteiger partial charge on any atom is -0.480 e. The Morgan fingerprint density at radius 3 is 2.62 bits per heavy atom. The van der Waals surface area contributed by atoms with Crippen LogP contribution in [0.2, 0.25) is 0 Å². The van der Waals surface area contributed by atoms with E-state index in [0.29, 0.717) is 13.0 Å². The van der Waals surface area contributed by atoms with Crippen molar-refractivity contribution in [3.05, 3.63) is 0 Å². The molecule has 21 heavy (non-hydrogen) atoms. The fourth-order valence-corrected chi connectivity index (χ4v) is 3.11. The second-order valence-corrected chi connectivity index (χ2v) is 5.90. The number of carboxylic acid groups (broad SMARTS) is 1. The Kier molecular flexibility index (Phi) is 8.18. The lowest BCUT2D eigenvalue weighted by atomic mass is 9.85. The van der Waals surface area contributed by atoms with Gasteiger partial charge in [0.15, 0.2) is 0 Å². The lowest BCUT2D eigenvalue weighted by Gasteiger charge is -2.29. The number of carbonyl (C=O) groups is 1. The van der Waals surface area contributed by atoms with Gasteiger partial charge >= 0.3 is 5.97 Å². The van der Waals surface area contributed by atoms with E-state index in [1.54, 1.807) is 14.2 Å². The summed E-state index contributed by atoms with van der Waals surface area (Å²) >= 11 is 0. The molecule has 2 unspecified atom stereocenters. The van der Waals surface area contributed by atoms with Gasteiger partial charge in [0.25, 0.3) is 0 Å². The molecule has 0 radical (unpaired) electrons. The molecular weight excluding hydrogens is 272 g/mol. The highest BCUT2D eigenvalue weighted by Gasteiger charge is 2.45. The van der Waals surface area contributed by atoms with Crippen LogP contribution in [0, 0.1) is 5.92 Å². The van der Waals surface area contributed by atoms with Gasteiger partial charge in [-0.2, -0.15) is 0 Å². The summed E-state index contributed by atoms with van der Waals surface area (Å²) in [6.07, 6.45) is 4.22. The van der Waals surface area contributed by atoms with E-state index in [2.05, 4.69) is 4.90 Å². The van der Waals surface area contributed by atoms with Crippen molar-refractivity contribution in [2.24, 2.45) is 11.7 Å². The molecule has 6 heteroatoms. The topological polar surface area (TPSA) is 85.0 Å². The van der Waals surface area contributed by atoms with E-state index in [1.165, 1.54) is 0 Å². The molecular formula is C15H30N2O4. The van der Waals surface area contributed by atoms with Crippen molar-refractivity contribution in [2.45, 2.75) is 37.6 Å². The minimum atomic E-state index is -1.03. The number of nitrogens with two attached hydrogens (primary N) is 1. The van der Waals surface area contributed by atoms with Crippen LogP contribution < -0.4 is 5.73 Å². The van der Waals surface area contributed by atoms with Gasteiger partial charge in [-0.15, -0.1) is 0 Å². The third kappa shape index (κ3) is 5.54. The van der Waals surface area contributed by atoms with Gasteiger partial charge in [-0.05, 0) is 38.1 Å². The molecule has 0 amide bonds. The van der Waals surface area contributed by atoms with Crippen LogP contribution in [0.3, 0.4) is 0 Å². The standard InChI is InChI=1S/C15H30N2O4/c1-20-11-4-8-17(10-12-21-2)9-6-13-5-3-7-15(13,16)14(18)19/h13H,3-12,16H2,1-2H3,(H,18,19). The molecule has 1 aliphatic carbocycles. The summed E-state index contributed by atoms with van der Waals surface area (Å²) in [5.41, 5.74) is 5.06. The van der Waals surface area contributed by atoms with E-state index in [-0.39, 0.29) is 5.92 Å². The molecule has 124 valence electrons. The summed E-state index contributed by atoms with van der Waals surface area (Å²) in [5, 5.41) is 9.35. The lowest BCUT2D eigenvalue weighted by Crippen LogP contribution is -2.51. The summed E-state index contributed by atoms with van der Waals surface area (Å²) in [5.74, 6) is -0.782. The molecule has 0 saturated heterocycles. The summed E-state index contributed by atoms with van der Waals surface area (Å²) < 4.78 is 10.2. The molecule has 1 rings (SSSR count). The SMILES string of the molecule is COCCCN(CCOC)CCC1CCCC1(N)C(=O)O. The summed E-state index contributed by atoms with van der Waals surface area (Å²) in [6.45, 7) is 4.09. The minimum absolute atomic E-state index is 0.0717. The molecule has 2 atom stereocenters. The highest BCUT2D eigenvalue weighted by atomic mass is 16.5. The molecule has 0 aromatic heterocycles. The molecule has 0 aliphatic heterocycles. The third-order valence-electron chi connectivity index (χ3n) is 4.50. The molecule has 0 bridgehead atoms.